The Balaban J connectivity index is 1.04. The Morgan fingerprint density at radius 2 is 1.46 bits per heavy atom. The lowest BCUT2D eigenvalue weighted by Crippen LogP contribution is -2.54. The highest BCUT2D eigenvalue weighted by atomic mass is 16.6. The molecule has 11 nitrogen and oxygen atoms in total. The van der Waals surface area contributed by atoms with E-state index in [1.807, 2.05) is 110 Å². The van der Waals surface area contributed by atoms with E-state index in [2.05, 4.69) is 30.0 Å². The molecule has 2 atom stereocenters. The molecule has 54 heavy (non-hydrogen) atoms. The number of amides is 2. The van der Waals surface area contributed by atoms with E-state index in [4.69, 9.17) is 24.3 Å². The molecule has 3 aromatic carbocycles. The molecule has 0 saturated carbocycles. The number of benzene rings is 3. The van der Waals surface area contributed by atoms with Crippen molar-refractivity contribution in [2.75, 3.05) is 44.2 Å². The summed E-state index contributed by atoms with van der Waals surface area (Å²) < 4.78 is 19.9. The van der Waals surface area contributed by atoms with Crippen molar-refractivity contribution >= 4 is 28.6 Å². The van der Waals surface area contributed by atoms with Crippen LogP contribution in [0.5, 0.6) is 11.8 Å². The second-order valence-electron chi connectivity index (χ2n) is 15.3. The summed E-state index contributed by atoms with van der Waals surface area (Å²) in [5.74, 6) is 1.09. The van der Waals surface area contributed by atoms with Gasteiger partial charge in [-0.05, 0) is 68.5 Å². The molecule has 2 saturated heterocycles. The maximum Gasteiger partial charge on any atom is 0.410 e. The van der Waals surface area contributed by atoms with E-state index in [1.54, 1.807) is 4.90 Å². The van der Waals surface area contributed by atoms with E-state index in [1.165, 1.54) is 0 Å². The van der Waals surface area contributed by atoms with Gasteiger partial charge in [0, 0.05) is 69.4 Å². The molecule has 2 aliphatic rings. The summed E-state index contributed by atoms with van der Waals surface area (Å²) in [6.45, 7) is 12.3. The number of likely N-dealkylation sites (tertiary alicyclic amines) is 1. The number of carbonyl (C=O) groups excluding carboxylic acids is 2. The van der Waals surface area contributed by atoms with Crippen molar-refractivity contribution in [2.24, 2.45) is 18.9 Å². The number of ether oxygens (including phenoxy) is 3. The molecule has 0 unspecified atom stereocenters. The van der Waals surface area contributed by atoms with Gasteiger partial charge in [0.15, 0.2) is 0 Å². The molecule has 2 aromatic heterocycles. The maximum atomic E-state index is 13.7. The number of fused-ring (bicyclic) bond motifs is 1. The minimum Gasteiger partial charge on any atom is -0.473 e. The first kappa shape index (κ1) is 36.8. The number of aryl methyl sites for hydroxylation is 1. The average Bonchev–Trinajstić information content (AvgIpc) is 3.51. The average molecular weight is 731 g/mol. The van der Waals surface area contributed by atoms with Crippen LogP contribution in [0.25, 0.3) is 22.2 Å². The van der Waals surface area contributed by atoms with Crippen molar-refractivity contribution in [3.8, 4) is 23.0 Å². The summed E-state index contributed by atoms with van der Waals surface area (Å²) in [5, 5.41) is 5.96. The molecule has 2 fully saturated rings. The number of nitrogens with zero attached hydrogens (tertiary/aromatic N) is 6. The molecule has 282 valence electrons. The first-order valence-corrected chi connectivity index (χ1v) is 18.9. The summed E-state index contributed by atoms with van der Waals surface area (Å²) in [6.07, 6.45) is 0.346. The van der Waals surface area contributed by atoms with Gasteiger partial charge in [0.1, 0.15) is 24.5 Å². The van der Waals surface area contributed by atoms with Crippen molar-refractivity contribution < 1.29 is 23.8 Å². The van der Waals surface area contributed by atoms with Crippen molar-refractivity contribution in [3.05, 3.63) is 102 Å². The van der Waals surface area contributed by atoms with Crippen molar-refractivity contribution in [2.45, 2.75) is 52.9 Å². The molecule has 0 spiro atoms. The van der Waals surface area contributed by atoms with Crippen LogP contribution in [0.1, 0.15) is 45.2 Å². The highest BCUT2D eigenvalue weighted by Gasteiger charge is 2.37. The number of hydrogen-bond acceptors (Lipinski definition) is 8. The predicted octanol–water partition coefficient (Wildman–Crippen LogP) is 7.34. The Morgan fingerprint density at radius 3 is 2.11 bits per heavy atom. The highest BCUT2D eigenvalue weighted by molar-refractivity contribution is 5.96. The zero-order chi connectivity index (χ0) is 37.8. The Kier molecular flexibility index (Phi) is 10.8. The van der Waals surface area contributed by atoms with Crippen LogP contribution in [0.2, 0.25) is 0 Å². The lowest BCUT2D eigenvalue weighted by atomic mass is 9.85. The summed E-state index contributed by atoms with van der Waals surface area (Å²) in [5.41, 5.74) is 5.20. The van der Waals surface area contributed by atoms with Crippen LogP contribution in [-0.4, -0.2) is 81.4 Å². The normalized spacial score (nSPS) is 17.8. The third-order valence-corrected chi connectivity index (χ3v) is 10.2. The monoisotopic (exact) mass is 730 g/mol. The zero-order valence-electron chi connectivity index (χ0n) is 31.9. The number of piperidine rings is 1. The van der Waals surface area contributed by atoms with Crippen LogP contribution in [0.15, 0.2) is 91.0 Å². The summed E-state index contributed by atoms with van der Waals surface area (Å²) in [7, 11) is 1.96. The lowest BCUT2D eigenvalue weighted by molar-refractivity contribution is -0.139. The minimum absolute atomic E-state index is 0.0655. The van der Waals surface area contributed by atoms with Crippen LogP contribution in [-0.2, 0) is 29.8 Å². The van der Waals surface area contributed by atoms with Crippen molar-refractivity contribution in [1.82, 2.24) is 24.6 Å². The van der Waals surface area contributed by atoms with Gasteiger partial charge < -0.3 is 28.9 Å². The molecule has 0 N–H and O–H groups in total. The first-order chi connectivity index (χ1) is 26.0. The second-order valence-corrected chi connectivity index (χ2v) is 15.3. The first-order valence-electron chi connectivity index (χ1n) is 18.9. The van der Waals surface area contributed by atoms with Gasteiger partial charge in [-0.15, -0.1) is 0 Å². The fourth-order valence-corrected chi connectivity index (χ4v) is 7.32. The summed E-state index contributed by atoms with van der Waals surface area (Å²) >= 11 is 0. The summed E-state index contributed by atoms with van der Waals surface area (Å²) in [6, 6.07) is 30.3. The van der Waals surface area contributed by atoms with Crippen LogP contribution in [0.4, 0.5) is 10.5 Å². The Labute approximate surface area is 317 Å². The Bertz CT molecular complexity index is 2070. The van der Waals surface area contributed by atoms with E-state index < -0.39 is 5.60 Å². The maximum absolute atomic E-state index is 13.7. The van der Waals surface area contributed by atoms with E-state index in [-0.39, 0.29) is 23.8 Å². The van der Waals surface area contributed by atoms with E-state index >= 15 is 0 Å². The number of pyridine rings is 1. The number of hydrogen-bond donors (Lipinski definition) is 0. The molecule has 11 heteroatoms. The third kappa shape index (κ3) is 8.46. The second kappa shape index (κ2) is 15.8. The van der Waals surface area contributed by atoms with Gasteiger partial charge in [-0.2, -0.15) is 10.1 Å². The third-order valence-electron chi connectivity index (χ3n) is 10.2. The van der Waals surface area contributed by atoms with Crippen LogP contribution < -0.4 is 14.4 Å². The highest BCUT2D eigenvalue weighted by Crippen LogP contribution is 2.37. The zero-order valence-corrected chi connectivity index (χ0v) is 31.9. The van der Waals surface area contributed by atoms with Crippen molar-refractivity contribution in [3.63, 3.8) is 0 Å². The smallest absolute Gasteiger partial charge is 0.410 e. The number of rotatable bonds is 9. The standard InChI is InChI=1S/C43H50N6O5/c1-30-27-49(42(51)54-43(2,3)4)21-20-34(30)41(50)48-24-22-47(23-25-48)33-16-17-35-37(26-33)46(5)45-39(35)36-18-19-38(52-28-31-12-8-6-9-13-31)44-40(36)53-29-32-14-10-7-11-15-32/h6-19,26,30,34H,20-25,27-29H2,1-5H3/t30-,34-/m1/s1. The SMILES string of the molecule is C[C@@H]1CN(C(=O)OC(C)(C)C)CC[C@H]1C(=O)N1CCN(c2ccc3c(-c4ccc(OCc5ccccc5)nc4OCc4ccccc4)nn(C)c3c2)CC1. The molecule has 0 bridgehead atoms. The van der Waals surface area contributed by atoms with E-state index in [0.29, 0.717) is 57.6 Å². The number of piperazine rings is 1. The Hall–Kier alpha value is -5.58. The van der Waals surface area contributed by atoms with E-state index in [9.17, 15) is 9.59 Å². The van der Waals surface area contributed by atoms with Gasteiger partial charge in [-0.3, -0.25) is 9.48 Å². The molecule has 2 aliphatic heterocycles. The van der Waals surface area contributed by atoms with Gasteiger partial charge in [0.25, 0.3) is 0 Å². The predicted molar refractivity (Wildman–Crippen MR) is 209 cm³/mol. The van der Waals surface area contributed by atoms with Gasteiger partial charge >= 0.3 is 6.09 Å². The lowest BCUT2D eigenvalue weighted by Gasteiger charge is -2.41. The van der Waals surface area contributed by atoms with Crippen LogP contribution in [0, 0.1) is 11.8 Å². The van der Waals surface area contributed by atoms with Crippen molar-refractivity contribution in [1.29, 1.82) is 0 Å². The van der Waals surface area contributed by atoms with Gasteiger partial charge in [0.05, 0.1) is 11.1 Å². The minimum atomic E-state index is -0.542. The van der Waals surface area contributed by atoms with Crippen LogP contribution in [0.3, 0.4) is 0 Å². The quantitative estimate of drug-likeness (QED) is 0.155. The Morgan fingerprint density at radius 1 is 0.796 bits per heavy atom. The molecule has 0 radical (unpaired) electrons. The fraction of sp³-hybridized carbons (Fsp3) is 0.395. The number of aromatic nitrogens is 3. The molecule has 7 rings (SSSR count). The van der Waals surface area contributed by atoms with Crippen LogP contribution >= 0.6 is 0 Å². The number of anilines is 1. The summed E-state index contributed by atoms with van der Waals surface area (Å²) in [4.78, 5) is 37.2. The largest absolute Gasteiger partial charge is 0.473 e. The number of carbonyl (C=O) groups is 2. The molecular formula is C43H50N6O5. The van der Waals surface area contributed by atoms with Gasteiger partial charge in [0.2, 0.25) is 17.7 Å². The van der Waals surface area contributed by atoms with Gasteiger partial charge in [-0.25, -0.2) is 4.79 Å². The van der Waals surface area contributed by atoms with E-state index in [0.717, 1.165) is 52.1 Å². The molecular weight excluding hydrogens is 681 g/mol. The topological polar surface area (TPSA) is 102 Å². The fourth-order valence-electron chi connectivity index (χ4n) is 7.32. The molecule has 2 amide bonds. The molecule has 5 aromatic rings. The molecule has 0 aliphatic carbocycles. The molecule has 4 heterocycles. The van der Waals surface area contributed by atoms with Gasteiger partial charge in [-0.1, -0.05) is 67.6 Å².